The van der Waals surface area contributed by atoms with Gasteiger partial charge in [-0.25, -0.2) is 5.48 Å². The molecule has 1 aromatic carbocycles. The first kappa shape index (κ1) is 17.7. The molecule has 0 bridgehead atoms. The largest absolute Gasteiger partial charge is 0.416 e. The highest BCUT2D eigenvalue weighted by Crippen LogP contribution is 2.29. The molecule has 3 N–H and O–H groups in total. The van der Waals surface area contributed by atoms with Crippen LogP contribution in [0.3, 0.4) is 0 Å². The smallest absolute Gasteiger partial charge is 0.392 e. The zero-order chi connectivity index (χ0) is 17.0. The number of piperidine rings is 1. The summed E-state index contributed by atoms with van der Waals surface area (Å²) in [6, 6.07) is 3.69. The third-order valence-electron chi connectivity index (χ3n) is 3.60. The van der Waals surface area contributed by atoms with Gasteiger partial charge in [0.25, 0.3) is 5.91 Å². The minimum atomic E-state index is -4.40. The molecule has 9 heteroatoms. The number of amides is 1. The number of nitrogens with one attached hydrogen (secondary N) is 1. The Hall–Kier alpha value is -1.68. The zero-order valence-corrected chi connectivity index (χ0v) is 12.1. The minimum Gasteiger partial charge on any atom is -0.392 e. The van der Waals surface area contributed by atoms with Crippen molar-refractivity contribution < 1.29 is 33.1 Å². The van der Waals surface area contributed by atoms with Crippen molar-refractivity contribution in [1.82, 2.24) is 10.5 Å². The van der Waals surface area contributed by atoms with Gasteiger partial charge in [0.05, 0.1) is 24.8 Å². The average Bonchev–Trinajstić information content (AvgIpc) is 2.52. The topological polar surface area (TPSA) is 82.0 Å². The minimum absolute atomic E-state index is 0.0555. The maximum atomic E-state index is 12.5. The molecular formula is C14H17F3N2O4. The fourth-order valence-corrected chi connectivity index (χ4v) is 2.35. The number of hydroxylamine groups is 3. The highest BCUT2D eigenvalue weighted by Gasteiger charge is 2.33. The molecule has 0 aliphatic carbocycles. The van der Waals surface area contributed by atoms with E-state index in [0.717, 1.165) is 12.1 Å². The van der Waals surface area contributed by atoms with E-state index in [1.54, 1.807) is 0 Å². The summed E-state index contributed by atoms with van der Waals surface area (Å²) < 4.78 is 37.4. The molecule has 2 rings (SSSR count). The molecule has 1 saturated heterocycles. The Labute approximate surface area is 130 Å². The van der Waals surface area contributed by atoms with Crippen LogP contribution in [0.2, 0.25) is 0 Å². The summed E-state index contributed by atoms with van der Waals surface area (Å²) in [5.41, 5.74) is 1.26. The highest BCUT2D eigenvalue weighted by molar-refractivity contribution is 5.80. The van der Waals surface area contributed by atoms with Gasteiger partial charge < -0.3 is 5.11 Å². The predicted octanol–water partition coefficient (Wildman–Crippen LogP) is 1.47. The maximum Gasteiger partial charge on any atom is 0.416 e. The number of hydrogen-bond donors (Lipinski definition) is 3. The molecule has 0 unspecified atom stereocenters. The summed E-state index contributed by atoms with van der Waals surface area (Å²) in [5.74, 6) is -0.663. The third kappa shape index (κ3) is 4.64. The molecule has 6 nitrogen and oxygen atoms in total. The fourth-order valence-electron chi connectivity index (χ4n) is 2.35. The number of halogens is 3. The summed E-state index contributed by atoms with van der Waals surface area (Å²) in [6.45, 7) is 0.0127. The van der Waals surface area contributed by atoms with Crippen LogP contribution >= 0.6 is 0 Å². The third-order valence-corrected chi connectivity index (χ3v) is 3.60. The number of nitrogens with zero attached hydrogens (tertiary/aromatic N) is 1. The lowest BCUT2D eigenvalue weighted by Crippen LogP contribution is -2.52. The summed E-state index contributed by atoms with van der Waals surface area (Å²) in [4.78, 5) is 17.0. The van der Waals surface area contributed by atoms with E-state index in [4.69, 9.17) is 10.0 Å². The van der Waals surface area contributed by atoms with Crippen molar-refractivity contribution in [3.05, 3.63) is 35.4 Å². The van der Waals surface area contributed by atoms with Crippen molar-refractivity contribution in [3.8, 4) is 0 Å². The van der Waals surface area contributed by atoms with Crippen molar-refractivity contribution in [2.45, 2.75) is 37.8 Å². The van der Waals surface area contributed by atoms with Crippen LogP contribution in [0.15, 0.2) is 24.3 Å². The van der Waals surface area contributed by atoms with Gasteiger partial charge in [-0.15, -0.1) is 0 Å². The van der Waals surface area contributed by atoms with Crippen molar-refractivity contribution in [3.63, 3.8) is 0 Å². The molecule has 1 aliphatic heterocycles. The summed E-state index contributed by atoms with van der Waals surface area (Å²) >= 11 is 0. The van der Waals surface area contributed by atoms with E-state index in [9.17, 15) is 23.1 Å². The lowest BCUT2D eigenvalue weighted by atomic mass is 10.0. The zero-order valence-electron chi connectivity index (χ0n) is 12.1. The molecule has 2 atom stereocenters. The van der Waals surface area contributed by atoms with Gasteiger partial charge in [0, 0.05) is 0 Å². The van der Waals surface area contributed by atoms with E-state index in [1.165, 1.54) is 22.7 Å². The number of β-amino-alcohol motifs (C(OH)–C–C–N with tert-alkyl or cyclic N) is 1. The first-order valence-corrected chi connectivity index (χ1v) is 6.99. The Kier molecular flexibility index (Phi) is 5.58. The summed E-state index contributed by atoms with van der Waals surface area (Å²) in [6.07, 6.45) is -4.40. The van der Waals surface area contributed by atoms with Crippen LogP contribution in [-0.4, -0.2) is 40.0 Å². The molecule has 1 aromatic rings. The van der Waals surface area contributed by atoms with Crippen molar-refractivity contribution in [2.24, 2.45) is 0 Å². The van der Waals surface area contributed by atoms with Crippen LogP contribution in [-0.2, 0) is 22.4 Å². The van der Waals surface area contributed by atoms with E-state index in [2.05, 4.69) is 0 Å². The van der Waals surface area contributed by atoms with E-state index in [0.29, 0.717) is 18.4 Å². The van der Waals surface area contributed by atoms with E-state index in [-0.39, 0.29) is 13.2 Å². The van der Waals surface area contributed by atoms with Crippen molar-refractivity contribution in [1.29, 1.82) is 0 Å². The van der Waals surface area contributed by atoms with Crippen LogP contribution in [0.5, 0.6) is 0 Å². The average molecular weight is 334 g/mol. The normalized spacial score (nSPS) is 22.8. The second kappa shape index (κ2) is 7.26. The van der Waals surface area contributed by atoms with Gasteiger partial charge in [-0.05, 0) is 30.5 Å². The monoisotopic (exact) mass is 334 g/mol. The van der Waals surface area contributed by atoms with Crippen LogP contribution < -0.4 is 5.48 Å². The Morgan fingerprint density at radius 3 is 2.52 bits per heavy atom. The Bertz CT molecular complexity index is 536. The van der Waals surface area contributed by atoms with Gasteiger partial charge in [-0.3, -0.25) is 14.8 Å². The number of aliphatic hydroxyl groups is 1. The summed E-state index contributed by atoms with van der Waals surface area (Å²) in [5, 5.41) is 19.6. The highest BCUT2D eigenvalue weighted by atomic mass is 19.4. The fraction of sp³-hybridized carbons (Fsp3) is 0.500. The lowest BCUT2D eigenvalue weighted by molar-refractivity contribution is -0.224. The molecule has 0 aromatic heterocycles. The first-order valence-electron chi connectivity index (χ1n) is 6.99. The van der Waals surface area contributed by atoms with Gasteiger partial charge in [0.2, 0.25) is 0 Å². The van der Waals surface area contributed by atoms with Gasteiger partial charge in [-0.2, -0.15) is 18.2 Å². The van der Waals surface area contributed by atoms with E-state index < -0.39 is 29.8 Å². The number of carbonyl (C=O) groups is 1. The van der Waals surface area contributed by atoms with Gasteiger partial charge in [0.1, 0.15) is 6.04 Å². The van der Waals surface area contributed by atoms with Crippen LogP contribution in [0.25, 0.3) is 0 Å². The number of hydrogen-bond acceptors (Lipinski definition) is 5. The van der Waals surface area contributed by atoms with Crippen molar-refractivity contribution >= 4 is 5.91 Å². The second-order valence-electron chi connectivity index (χ2n) is 5.29. The number of benzene rings is 1. The van der Waals surface area contributed by atoms with E-state index in [1.807, 2.05) is 0 Å². The molecule has 23 heavy (non-hydrogen) atoms. The molecule has 128 valence electrons. The van der Waals surface area contributed by atoms with Crippen LogP contribution in [0.4, 0.5) is 13.2 Å². The molecule has 0 saturated carbocycles. The number of alkyl halides is 3. The molecular weight excluding hydrogens is 317 g/mol. The molecule has 0 radical (unpaired) electrons. The summed E-state index contributed by atoms with van der Waals surface area (Å²) in [7, 11) is 0. The second-order valence-corrected chi connectivity index (χ2v) is 5.29. The Balaban J connectivity index is 1.98. The van der Waals surface area contributed by atoms with Gasteiger partial charge in [0.15, 0.2) is 0 Å². The molecule has 0 spiro atoms. The SMILES string of the molecule is O=C(NO)[C@H]1CC[C@@H](O)CN1OCc1ccc(C(F)(F)F)cc1. The predicted molar refractivity (Wildman–Crippen MR) is 71.9 cm³/mol. The quantitative estimate of drug-likeness (QED) is 0.574. The van der Waals surface area contributed by atoms with Crippen LogP contribution in [0.1, 0.15) is 24.0 Å². The van der Waals surface area contributed by atoms with Crippen LogP contribution in [0, 0.1) is 0 Å². The maximum absolute atomic E-state index is 12.5. The van der Waals surface area contributed by atoms with Crippen molar-refractivity contribution in [2.75, 3.05) is 6.54 Å². The Morgan fingerprint density at radius 2 is 1.96 bits per heavy atom. The Morgan fingerprint density at radius 1 is 1.30 bits per heavy atom. The number of rotatable bonds is 4. The number of carbonyl (C=O) groups excluding carboxylic acids is 1. The van der Waals surface area contributed by atoms with E-state index >= 15 is 0 Å². The van der Waals surface area contributed by atoms with Gasteiger partial charge in [-0.1, -0.05) is 12.1 Å². The molecule has 1 heterocycles. The number of aliphatic hydroxyl groups excluding tert-OH is 1. The molecule has 1 fully saturated rings. The molecule has 1 aliphatic rings. The standard InChI is InChI=1S/C14H17F3N2O4/c15-14(16,17)10-3-1-9(2-4-10)8-23-19-7-11(20)5-6-12(19)13(21)18-22/h1-4,11-12,20,22H,5-8H2,(H,18,21)/t11-,12-/m1/s1. The molecule has 1 amide bonds. The lowest BCUT2D eigenvalue weighted by Gasteiger charge is -2.35. The first-order chi connectivity index (χ1) is 10.8. The van der Waals surface area contributed by atoms with Gasteiger partial charge >= 0.3 is 6.18 Å².